The van der Waals surface area contributed by atoms with Gasteiger partial charge in [-0.15, -0.1) is 0 Å². The highest BCUT2D eigenvalue weighted by molar-refractivity contribution is 7.47. The maximum atomic E-state index is 12.8. The van der Waals surface area contributed by atoms with E-state index >= 15 is 0 Å². The lowest BCUT2D eigenvalue weighted by atomic mass is 10.0. The number of nitrogens with zero attached hydrogens (tertiary/aromatic N) is 1. The molecule has 0 spiro atoms. The van der Waals surface area contributed by atoms with Gasteiger partial charge in [0.15, 0.2) is 6.10 Å². The van der Waals surface area contributed by atoms with E-state index in [4.69, 9.17) is 18.5 Å². The summed E-state index contributed by atoms with van der Waals surface area (Å²) < 4.78 is 34.5. The number of hydrogen-bond acceptors (Lipinski definition) is 7. The third-order valence-corrected chi connectivity index (χ3v) is 12.6. The van der Waals surface area contributed by atoms with Crippen LogP contribution in [0.5, 0.6) is 0 Å². The Kier molecular flexibility index (Phi) is 45.1. The van der Waals surface area contributed by atoms with Crippen LogP contribution in [0.2, 0.25) is 0 Å². The molecule has 9 nitrogen and oxygen atoms in total. The number of esters is 2. The van der Waals surface area contributed by atoms with Gasteiger partial charge in [-0.05, 0) is 70.6 Å². The van der Waals surface area contributed by atoms with Crippen LogP contribution >= 0.6 is 7.82 Å². The molecule has 10 heteroatoms. The van der Waals surface area contributed by atoms with Gasteiger partial charge in [0.2, 0.25) is 0 Å². The molecule has 0 saturated heterocycles. The van der Waals surface area contributed by atoms with E-state index in [2.05, 4.69) is 50.3 Å². The number of hydrogen-bond donors (Lipinski definition) is 1. The van der Waals surface area contributed by atoms with Gasteiger partial charge in [0.25, 0.3) is 0 Å². The van der Waals surface area contributed by atoms with Crippen molar-refractivity contribution in [3.63, 3.8) is 0 Å². The third-order valence-electron chi connectivity index (χ3n) is 11.6. The second kappa shape index (κ2) is 46.3. The summed E-state index contributed by atoms with van der Waals surface area (Å²) in [5, 5.41) is 0. The minimum absolute atomic E-state index is 0.0315. The maximum Gasteiger partial charge on any atom is 0.472 e. The van der Waals surface area contributed by atoms with Crippen LogP contribution in [0.1, 0.15) is 245 Å². The molecular weight excluding hydrogens is 822 g/mol. The Hall–Kier alpha value is -1.77. The van der Waals surface area contributed by atoms with E-state index in [-0.39, 0.29) is 32.0 Å². The first kappa shape index (κ1) is 62.2. The molecule has 0 saturated carbocycles. The van der Waals surface area contributed by atoms with Crippen LogP contribution in [0.3, 0.4) is 0 Å². The largest absolute Gasteiger partial charge is 0.472 e. The molecule has 0 fully saturated rings. The van der Waals surface area contributed by atoms with E-state index in [0.717, 1.165) is 38.5 Å². The highest BCUT2D eigenvalue weighted by atomic mass is 31.2. The van der Waals surface area contributed by atoms with Gasteiger partial charge in [0.05, 0.1) is 27.7 Å². The molecule has 0 aromatic carbocycles. The lowest BCUT2D eigenvalue weighted by molar-refractivity contribution is -0.870. The summed E-state index contributed by atoms with van der Waals surface area (Å²) in [5.74, 6) is -0.795. The smallest absolute Gasteiger partial charge is 0.462 e. The van der Waals surface area contributed by atoms with Crippen molar-refractivity contribution in [1.82, 2.24) is 0 Å². The van der Waals surface area contributed by atoms with E-state index in [1.54, 1.807) is 0 Å². The number of phosphoric ester groups is 1. The van der Waals surface area contributed by atoms with Crippen molar-refractivity contribution >= 4 is 19.8 Å². The van der Waals surface area contributed by atoms with Gasteiger partial charge >= 0.3 is 19.8 Å². The molecule has 1 N–H and O–H groups in total. The molecule has 2 atom stereocenters. The molecule has 0 aromatic heterocycles. The molecule has 0 aliphatic heterocycles. The Labute approximate surface area is 395 Å². The summed E-state index contributed by atoms with van der Waals surface area (Å²) in [4.78, 5) is 35.6. The van der Waals surface area contributed by atoms with Crippen LogP contribution in [0.4, 0.5) is 0 Å². The summed E-state index contributed by atoms with van der Waals surface area (Å²) in [6.07, 6.45) is 54.8. The van der Waals surface area contributed by atoms with Crippen molar-refractivity contribution in [3.8, 4) is 0 Å². The molecule has 0 rings (SSSR count). The molecule has 0 heterocycles. The molecule has 1 unspecified atom stereocenters. The van der Waals surface area contributed by atoms with Crippen LogP contribution in [0, 0.1) is 0 Å². The van der Waals surface area contributed by atoms with E-state index in [0.29, 0.717) is 17.4 Å². The average molecular weight is 925 g/mol. The molecule has 0 bridgehead atoms. The molecule has 0 aromatic rings. The Morgan fingerprint density at radius 1 is 0.484 bits per heavy atom. The van der Waals surface area contributed by atoms with Gasteiger partial charge in [0.1, 0.15) is 19.8 Å². The van der Waals surface area contributed by atoms with E-state index in [9.17, 15) is 19.0 Å². The SMILES string of the molecule is CCCCC/C=C\C/C=C\CCCCCCCCCCCC(=O)OC[C@H](COP(=O)(O)OCC[N+](C)(C)C)OC(=O)CCCCCCCCCCCCC/C=C\CCCCCCCC. The molecule has 376 valence electrons. The van der Waals surface area contributed by atoms with Gasteiger partial charge in [-0.1, -0.05) is 198 Å². The molecule has 64 heavy (non-hydrogen) atoms. The van der Waals surface area contributed by atoms with Crippen molar-refractivity contribution < 1.29 is 42.1 Å². The Balaban J connectivity index is 4.22. The number of unbranched alkanes of at least 4 members (excludes halogenated alkanes) is 29. The van der Waals surface area contributed by atoms with Crippen molar-refractivity contribution in [3.05, 3.63) is 36.5 Å². The zero-order valence-electron chi connectivity index (χ0n) is 42.5. The normalized spacial score (nSPS) is 13.7. The summed E-state index contributed by atoms with van der Waals surface area (Å²) in [6, 6.07) is 0. The van der Waals surface area contributed by atoms with E-state index < -0.39 is 26.5 Å². The highest BCUT2D eigenvalue weighted by Gasteiger charge is 2.27. The maximum absolute atomic E-state index is 12.8. The first-order valence-corrected chi connectivity index (χ1v) is 28.2. The topological polar surface area (TPSA) is 108 Å². The number of carbonyl (C=O) groups excluding carboxylic acids is 2. The van der Waals surface area contributed by atoms with Crippen molar-refractivity contribution in [1.29, 1.82) is 0 Å². The monoisotopic (exact) mass is 925 g/mol. The van der Waals surface area contributed by atoms with Gasteiger partial charge in [0, 0.05) is 12.8 Å². The second-order valence-electron chi connectivity index (χ2n) is 19.3. The number of quaternary nitrogens is 1. The number of carbonyl (C=O) groups is 2. The first-order valence-electron chi connectivity index (χ1n) is 26.7. The molecule has 0 aliphatic carbocycles. The van der Waals surface area contributed by atoms with Crippen LogP contribution < -0.4 is 0 Å². The second-order valence-corrected chi connectivity index (χ2v) is 20.7. The van der Waals surface area contributed by atoms with Gasteiger partial charge < -0.3 is 18.9 Å². The minimum Gasteiger partial charge on any atom is -0.462 e. The first-order chi connectivity index (χ1) is 31.0. The van der Waals surface area contributed by atoms with Crippen LogP contribution in [0.15, 0.2) is 36.5 Å². The highest BCUT2D eigenvalue weighted by Crippen LogP contribution is 2.43. The minimum atomic E-state index is -4.38. The summed E-state index contributed by atoms with van der Waals surface area (Å²) in [6.45, 7) is 4.42. The molecule has 0 amide bonds. The third kappa shape index (κ3) is 49.7. The van der Waals surface area contributed by atoms with Crippen LogP contribution in [-0.4, -0.2) is 74.9 Å². The lowest BCUT2D eigenvalue weighted by Crippen LogP contribution is -2.37. The zero-order valence-corrected chi connectivity index (χ0v) is 43.4. The Bertz CT molecular complexity index is 1180. The average Bonchev–Trinajstić information content (AvgIpc) is 3.25. The van der Waals surface area contributed by atoms with Gasteiger partial charge in [-0.3, -0.25) is 18.6 Å². The molecule has 0 aliphatic rings. The Morgan fingerprint density at radius 2 is 0.844 bits per heavy atom. The summed E-state index contributed by atoms with van der Waals surface area (Å²) in [7, 11) is 1.48. The van der Waals surface area contributed by atoms with Crippen molar-refractivity contribution in [2.45, 2.75) is 251 Å². The van der Waals surface area contributed by atoms with E-state index in [1.165, 1.54) is 173 Å². The Morgan fingerprint density at radius 3 is 1.28 bits per heavy atom. The summed E-state index contributed by atoms with van der Waals surface area (Å²) >= 11 is 0. The number of phosphoric acid groups is 1. The van der Waals surface area contributed by atoms with Gasteiger partial charge in [-0.2, -0.15) is 0 Å². The van der Waals surface area contributed by atoms with Crippen molar-refractivity contribution in [2.75, 3.05) is 47.5 Å². The quantitative estimate of drug-likeness (QED) is 0.0211. The molecule has 0 radical (unpaired) electrons. The standard InChI is InChI=1S/C54H102NO8P/c1-6-8-10-12-14-16-18-20-22-24-26-27-29-31-33-35-37-39-41-43-45-47-54(57)63-52(51-62-64(58,59)61-49-48-55(3,4)5)50-60-53(56)46-44-42-40-38-36-34-32-30-28-25-23-21-19-17-15-13-11-9-7-2/h15,17,20-23,52H,6-14,16,18-19,24-51H2,1-5H3/p+1/b17-15-,22-20-,23-21-/t52-/m1/s1. The fourth-order valence-corrected chi connectivity index (χ4v) is 8.19. The summed E-state index contributed by atoms with van der Waals surface area (Å²) in [5.41, 5.74) is 0. The van der Waals surface area contributed by atoms with Gasteiger partial charge in [-0.25, -0.2) is 4.57 Å². The van der Waals surface area contributed by atoms with Crippen molar-refractivity contribution in [2.24, 2.45) is 0 Å². The molecular formula is C54H103NO8P+. The lowest BCUT2D eigenvalue weighted by Gasteiger charge is -2.24. The zero-order chi connectivity index (χ0) is 47.1. The number of likely N-dealkylation sites (N-methyl/N-ethyl adjacent to an activating group) is 1. The predicted molar refractivity (Wildman–Crippen MR) is 270 cm³/mol. The fraction of sp³-hybridized carbons (Fsp3) is 0.852. The number of allylic oxidation sites excluding steroid dienone is 6. The number of ether oxygens (including phenoxy) is 2. The fourth-order valence-electron chi connectivity index (χ4n) is 7.45. The predicted octanol–water partition coefficient (Wildman–Crippen LogP) is 16.0. The van der Waals surface area contributed by atoms with Crippen LogP contribution in [-0.2, 0) is 32.7 Å². The van der Waals surface area contributed by atoms with E-state index in [1.807, 2.05) is 21.1 Å². The number of rotatable bonds is 49. The van der Waals surface area contributed by atoms with Crippen LogP contribution in [0.25, 0.3) is 0 Å².